The highest BCUT2D eigenvalue weighted by atomic mass is 32.2. The third-order valence-electron chi connectivity index (χ3n) is 5.82. The summed E-state index contributed by atoms with van der Waals surface area (Å²) >= 11 is 1.70. The molecule has 0 unspecified atom stereocenters. The highest BCUT2D eigenvalue weighted by Crippen LogP contribution is 2.39. The molecule has 0 bridgehead atoms. The first kappa shape index (κ1) is 21.3. The summed E-state index contributed by atoms with van der Waals surface area (Å²) in [4.78, 5) is 20.8. The lowest BCUT2D eigenvalue weighted by Crippen LogP contribution is -2.23. The number of anilines is 2. The first-order valence-electron chi connectivity index (χ1n) is 11.0. The molecule has 5 nitrogen and oxygen atoms in total. The molecule has 6 heteroatoms. The van der Waals surface area contributed by atoms with Crippen LogP contribution < -0.4 is 15.0 Å². The number of rotatable bonds is 5. The molecular formula is C27H25N3O2S. The molecule has 0 aliphatic carbocycles. The van der Waals surface area contributed by atoms with Crippen LogP contribution in [0.4, 0.5) is 11.4 Å². The van der Waals surface area contributed by atoms with Crippen molar-refractivity contribution in [1.29, 1.82) is 0 Å². The van der Waals surface area contributed by atoms with Crippen molar-refractivity contribution in [3.63, 3.8) is 0 Å². The lowest BCUT2D eigenvalue weighted by Gasteiger charge is -2.25. The molecule has 5 rings (SSSR count). The van der Waals surface area contributed by atoms with Gasteiger partial charge in [0.05, 0.1) is 23.5 Å². The van der Waals surface area contributed by atoms with Crippen molar-refractivity contribution in [1.82, 2.24) is 10.3 Å². The molecule has 0 spiro atoms. The normalized spacial score (nSPS) is 13.2. The molecule has 4 aromatic rings. The van der Waals surface area contributed by atoms with Gasteiger partial charge in [-0.2, -0.15) is 0 Å². The Kier molecular flexibility index (Phi) is 6.17. The van der Waals surface area contributed by atoms with Gasteiger partial charge in [0.1, 0.15) is 5.75 Å². The van der Waals surface area contributed by atoms with Crippen molar-refractivity contribution in [2.24, 2.45) is 0 Å². The quantitative estimate of drug-likeness (QED) is 0.385. The smallest absolute Gasteiger partial charge is 0.251 e. The second-order valence-corrected chi connectivity index (χ2v) is 8.79. The Hall–Kier alpha value is -3.51. The van der Waals surface area contributed by atoms with E-state index in [0.717, 1.165) is 46.6 Å². The highest BCUT2D eigenvalue weighted by Gasteiger charge is 2.21. The van der Waals surface area contributed by atoms with E-state index in [1.165, 1.54) is 4.90 Å². The van der Waals surface area contributed by atoms with Crippen LogP contribution in [0.3, 0.4) is 0 Å². The second-order valence-electron chi connectivity index (χ2n) is 7.91. The number of ether oxygens (including phenoxy) is 1. The predicted octanol–water partition coefficient (Wildman–Crippen LogP) is 5.81. The second kappa shape index (κ2) is 9.55. The monoisotopic (exact) mass is 455 g/mol. The third-order valence-corrected chi connectivity index (χ3v) is 6.57. The van der Waals surface area contributed by atoms with Gasteiger partial charge in [0.2, 0.25) is 0 Å². The van der Waals surface area contributed by atoms with Gasteiger partial charge >= 0.3 is 0 Å². The van der Waals surface area contributed by atoms with Crippen LogP contribution in [0.5, 0.6) is 5.75 Å². The maximum absolute atomic E-state index is 12.8. The Morgan fingerprint density at radius 1 is 1.06 bits per heavy atom. The van der Waals surface area contributed by atoms with Crippen LogP contribution in [0, 0.1) is 0 Å². The zero-order valence-corrected chi connectivity index (χ0v) is 19.3. The molecule has 1 amide bonds. The van der Waals surface area contributed by atoms with E-state index in [2.05, 4.69) is 45.7 Å². The molecule has 0 atom stereocenters. The zero-order valence-electron chi connectivity index (χ0n) is 18.5. The fraction of sp³-hybridized carbons (Fsp3) is 0.185. The topological polar surface area (TPSA) is 54.5 Å². The van der Waals surface area contributed by atoms with Crippen LogP contribution in [0.1, 0.15) is 22.3 Å². The summed E-state index contributed by atoms with van der Waals surface area (Å²) in [5.74, 6) is 0.617. The number of hydrogen-bond donors (Lipinski definition) is 1. The molecule has 1 aliphatic rings. The van der Waals surface area contributed by atoms with Gasteiger partial charge in [0.15, 0.2) is 0 Å². The van der Waals surface area contributed by atoms with Crippen LogP contribution in [0.2, 0.25) is 0 Å². The van der Waals surface area contributed by atoms with E-state index in [1.807, 2.05) is 54.7 Å². The van der Waals surface area contributed by atoms with Crippen molar-refractivity contribution in [2.45, 2.75) is 17.9 Å². The average molecular weight is 456 g/mol. The maximum Gasteiger partial charge on any atom is 0.251 e. The van der Waals surface area contributed by atoms with Gasteiger partial charge in [-0.05, 0) is 72.8 Å². The fourth-order valence-electron chi connectivity index (χ4n) is 4.12. The van der Waals surface area contributed by atoms with E-state index < -0.39 is 0 Å². The summed E-state index contributed by atoms with van der Waals surface area (Å²) in [7, 11) is 0. The van der Waals surface area contributed by atoms with E-state index in [4.69, 9.17) is 4.74 Å². The first-order valence-corrected chi connectivity index (χ1v) is 12.2. The number of nitrogens with one attached hydrogen (secondary N) is 1. The van der Waals surface area contributed by atoms with Crippen LogP contribution in [-0.2, 0) is 6.54 Å². The van der Waals surface area contributed by atoms with Crippen molar-refractivity contribution < 1.29 is 9.53 Å². The minimum Gasteiger partial charge on any atom is -0.491 e. The number of fused-ring (bicyclic) bond motifs is 2. The molecule has 3 aromatic carbocycles. The molecule has 0 fully saturated rings. The SMILES string of the molecule is CSc1ccc(CNC(=O)c2ccc3c(c2)OCCCN3c2cccc3ncccc23)cc1. The molecule has 2 heterocycles. The van der Waals surface area contributed by atoms with E-state index in [1.54, 1.807) is 11.8 Å². The number of benzene rings is 3. The molecule has 0 saturated heterocycles. The molecule has 0 saturated carbocycles. The summed E-state index contributed by atoms with van der Waals surface area (Å²) in [5.41, 5.74) is 4.69. The minimum atomic E-state index is -0.111. The lowest BCUT2D eigenvalue weighted by atomic mass is 10.1. The van der Waals surface area contributed by atoms with Crippen molar-refractivity contribution >= 4 is 39.9 Å². The standard InChI is InChI=1S/C27H25N3O2S/c1-33-21-11-8-19(9-12-21)18-29-27(31)20-10-13-25-26(17-20)32-16-4-15-30(25)24-7-2-6-23-22(24)5-3-14-28-23/h2-3,5-14,17H,4,15-16,18H2,1H3,(H,29,31). The number of carbonyl (C=O) groups excluding carboxylic acids is 1. The van der Waals surface area contributed by atoms with Gasteiger partial charge in [0.25, 0.3) is 5.91 Å². The van der Waals surface area contributed by atoms with Crippen LogP contribution in [0.15, 0.2) is 83.9 Å². The summed E-state index contributed by atoms with van der Waals surface area (Å²) in [6.45, 7) is 1.93. The molecule has 33 heavy (non-hydrogen) atoms. The van der Waals surface area contributed by atoms with Crippen molar-refractivity contribution in [2.75, 3.05) is 24.3 Å². The Labute approximate surface area is 197 Å². The number of nitrogens with zero attached hydrogens (tertiary/aromatic N) is 2. The Morgan fingerprint density at radius 3 is 2.79 bits per heavy atom. The molecule has 1 N–H and O–H groups in total. The minimum absolute atomic E-state index is 0.111. The number of thioether (sulfide) groups is 1. The summed E-state index contributed by atoms with van der Waals surface area (Å²) < 4.78 is 6.05. The maximum atomic E-state index is 12.8. The molecule has 166 valence electrons. The van der Waals surface area contributed by atoms with Crippen LogP contribution >= 0.6 is 11.8 Å². The molecule has 1 aliphatic heterocycles. The average Bonchev–Trinajstić information content (AvgIpc) is 3.09. The first-order chi connectivity index (χ1) is 16.2. The van der Waals surface area contributed by atoms with E-state index in [-0.39, 0.29) is 5.91 Å². The fourth-order valence-corrected chi connectivity index (χ4v) is 4.53. The number of pyridine rings is 1. The predicted molar refractivity (Wildman–Crippen MR) is 135 cm³/mol. The number of carbonyl (C=O) groups is 1. The molecule has 1 aromatic heterocycles. The summed E-state index contributed by atoms with van der Waals surface area (Å²) in [6, 6.07) is 24.2. The van der Waals surface area contributed by atoms with E-state index in [0.29, 0.717) is 18.7 Å². The zero-order chi connectivity index (χ0) is 22.6. The highest BCUT2D eigenvalue weighted by molar-refractivity contribution is 7.98. The van der Waals surface area contributed by atoms with Gasteiger partial charge in [-0.15, -0.1) is 11.8 Å². The number of aromatic nitrogens is 1. The summed E-state index contributed by atoms with van der Waals surface area (Å²) in [5, 5.41) is 4.12. The van der Waals surface area contributed by atoms with Gasteiger partial charge in [-0.25, -0.2) is 0 Å². The molecule has 0 radical (unpaired) electrons. The number of amides is 1. The van der Waals surface area contributed by atoms with Gasteiger partial charge in [-0.3, -0.25) is 9.78 Å². The van der Waals surface area contributed by atoms with Crippen LogP contribution in [0.25, 0.3) is 10.9 Å². The van der Waals surface area contributed by atoms with Gasteiger partial charge in [0, 0.05) is 35.1 Å². The Bertz CT molecular complexity index is 1290. The Morgan fingerprint density at radius 2 is 1.94 bits per heavy atom. The number of hydrogen-bond acceptors (Lipinski definition) is 5. The van der Waals surface area contributed by atoms with Gasteiger partial charge in [-0.1, -0.05) is 18.2 Å². The molecular weight excluding hydrogens is 430 g/mol. The van der Waals surface area contributed by atoms with Gasteiger partial charge < -0.3 is 15.0 Å². The van der Waals surface area contributed by atoms with Crippen molar-refractivity contribution in [3.8, 4) is 5.75 Å². The third kappa shape index (κ3) is 4.52. The summed E-state index contributed by atoms with van der Waals surface area (Å²) in [6.07, 6.45) is 4.75. The van der Waals surface area contributed by atoms with Crippen LogP contribution in [-0.4, -0.2) is 30.3 Å². The lowest BCUT2D eigenvalue weighted by molar-refractivity contribution is 0.0950. The van der Waals surface area contributed by atoms with E-state index >= 15 is 0 Å². The largest absolute Gasteiger partial charge is 0.491 e. The Balaban J connectivity index is 1.40. The van der Waals surface area contributed by atoms with E-state index in [9.17, 15) is 4.79 Å². The van der Waals surface area contributed by atoms with Crippen molar-refractivity contribution in [3.05, 3.63) is 90.1 Å².